The molecule has 1 aliphatic rings. The van der Waals surface area contributed by atoms with Gasteiger partial charge in [-0.25, -0.2) is 0 Å². The lowest BCUT2D eigenvalue weighted by molar-refractivity contribution is -0.121. The molecular formula is C16H18N2O2. The predicted molar refractivity (Wildman–Crippen MR) is 77.7 cm³/mol. The summed E-state index contributed by atoms with van der Waals surface area (Å²) in [6.07, 6.45) is 2.92. The average molecular weight is 270 g/mol. The van der Waals surface area contributed by atoms with Crippen LogP contribution in [0.4, 0.5) is 5.69 Å². The molecule has 20 heavy (non-hydrogen) atoms. The first kappa shape index (κ1) is 12.8. The summed E-state index contributed by atoms with van der Waals surface area (Å²) in [7, 11) is 0. The van der Waals surface area contributed by atoms with Gasteiger partial charge in [0.15, 0.2) is 0 Å². The van der Waals surface area contributed by atoms with Crippen molar-refractivity contribution in [2.45, 2.75) is 18.8 Å². The van der Waals surface area contributed by atoms with Crippen LogP contribution >= 0.6 is 0 Å². The summed E-state index contributed by atoms with van der Waals surface area (Å²) in [5.74, 6) is 1.27. The fraction of sp³-hybridized carbons (Fsp3) is 0.312. The molecule has 0 fully saturated rings. The second-order valence-corrected chi connectivity index (χ2v) is 5.05. The minimum Gasteiger partial charge on any atom is -0.469 e. The fourth-order valence-corrected chi connectivity index (χ4v) is 2.62. The van der Waals surface area contributed by atoms with Crippen LogP contribution in [-0.4, -0.2) is 19.0 Å². The zero-order valence-corrected chi connectivity index (χ0v) is 11.3. The average Bonchev–Trinajstić information content (AvgIpc) is 3.09. The molecule has 1 aromatic heterocycles. The van der Waals surface area contributed by atoms with E-state index >= 15 is 0 Å². The highest BCUT2D eigenvalue weighted by Crippen LogP contribution is 2.32. The lowest BCUT2D eigenvalue weighted by atomic mass is 9.97. The van der Waals surface area contributed by atoms with E-state index in [1.54, 1.807) is 6.26 Å². The smallest absolute Gasteiger partial charge is 0.220 e. The van der Waals surface area contributed by atoms with Crippen molar-refractivity contribution in [1.29, 1.82) is 0 Å². The quantitative estimate of drug-likeness (QED) is 0.878. The molecule has 0 bridgehead atoms. The monoisotopic (exact) mass is 270 g/mol. The Labute approximate surface area is 118 Å². The number of rotatable bonds is 5. The Morgan fingerprint density at radius 1 is 1.30 bits per heavy atom. The van der Waals surface area contributed by atoms with Gasteiger partial charge < -0.3 is 15.1 Å². The highest BCUT2D eigenvalue weighted by molar-refractivity contribution is 5.78. The van der Waals surface area contributed by atoms with E-state index in [9.17, 15) is 4.79 Å². The summed E-state index contributed by atoms with van der Waals surface area (Å²) in [4.78, 5) is 12.0. The molecule has 0 spiro atoms. The van der Waals surface area contributed by atoms with Gasteiger partial charge in [-0.15, -0.1) is 0 Å². The first-order valence-corrected chi connectivity index (χ1v) is 6.95. The second kappa shape index (κ2) is 5.82. The van der Waals surface area contributed by atoms with Crippen molar-refractivity contribution < 1.29 is 9.21 Å². The molecule has 4 heteroatoms. The first-order valence-electron chi connectivity index (χ1n) is 6.95. The summed E-state index contributed by atoms with van der Waals surface area (Å²) in [5.41, 5.74) is 2.40. The third-order valence-corrected chi connectivity index (χ3v) is 3.64. The Morgan fingerprint density at radius 2 is 2.20 bits per heavy atom. The van der Waals surface area contributed by atoms with Gasteiger partial charge in [-0.05, 0) is 23.8 Å². The number of hydrogen-bond acceptors (Lipinski definition) is 3. The summed E-state index contributed by atoms with van der Waals surface area (Å²) >= 11 is 0. The lowest BCUT2D eigenvalue weighted by Crippen LogP contribution is -2.27. The Morgan fingerprint density at radius 3 is 3.05 bits per heavy atom. The zero-order valence-electron chi connectivity index (χ0n) is 11.3. The molecule has 2 heterocycles. The van der Waals surface area contributed by atoms with Crippen LogP contribution in [0.5, 0.6) is 0 Å². The van der Waals surface area contributed by atoms with Crippen LogP contribution in [-0.2, 0) is 11.2 Å². The zero-order chi connectivity index (χ0) is 13.8. The van der Waals surface area contributed by atoms with Crippen LogP contribution in [0.25, 0.3) is 0 Å². The molecule has 0 aliphatic carbocycles. The minimum atomic E-state index is 0.0973. The molecule has 3 rings (SSSR count). The van der Waals surface area contributed by atoms with Gasteiger partial charge in [0.1, 0.15) is 5.76 Å². The number of anilines is 1. The molecule has 1 unspecified atom stereocenters. The molecule has 1 atom stereocenters. The van der Waals surface area contributed by atoms with E-state index < -0.39 is 0 Å². The molecule has 2 aromatic rings. The Kier molecular flexibility index (Phi) is 3.72. The van der Waals surface area contributed by atoms with Crippen LogP contribution < -0.4 is 10.6 Å². The third-order valence-electron chi connectivity index (χ3n) is 3.64. The van der Waals surface area contributed by atoms with Crippen molar-refractivity contribution in [1.82, 2.24) is 5.32 Å². The van der Waals surface area contributed by atoms with E-state index in [0.29, 0.717) is 13.0 Å². The maximum atomic E-state index is 12.0. The Balaban J connectivity index is 1.48. The van der Waals surface area contributed by atoms with E-state index in [0.717, 1.165) is 24.4 Å². The van der Waals surface area contributed by atoms with Gasteiger partial charge in [0, 0.05) is 37.5 Å². The number of furan rings is 1. The van der Waals surface area contributed by atoms with Crippen LogP contribution in [0.3, 0.4) is 0 Å². The summed E-state index contributed by atoms with van der Waals surface area (Å²) in [5, 5.41) is 6.29. The molecule has 1 amide bonds. The maximum Gasteiger partial charge on any atom is 0.220 e. The Bertz CT molecular complexity index is 578. The molecular weight excluding hydrogens is 252 g/mol. The van der Waals surface area contributed by atoms with Crippen molar-refractivity contribution >= 4 is 11.6 Å². The van der Waals surface area contributed by atoms with Gasteiger partial charge in [0.25, 0.3) is 0 Å². The second-order valence-electron chi connectivity index (χ2n) is 5.05. The first-order chi connectivity index (χ1) is 9.83. The normalized spacial score (nSPS) is 16.5. The van der Waals surface area contributed by atoms with Gasteiger partial charge in [-0.1, -0.05) is 18.2 Å². The molecule has 0 saturated carbocycles. The van der Waals surface area contributed by atoms with Gasteiger partial charge >= 0.3 is 0 Å². The highest BCUT2D eigenvalue weighted by atomic mass is 16.3. The number of fused-ring (bicyclic) bond motifs is 1. The predicted octanol–water partition coefficient (Wildman–Crippen LogP) is 2.54. The molecule has 1 aromatic carbocycles. The Hall–Kier alpha value is -2.23. The lowest BCUT2D eigenvalue weighted by Gasteiger charge is -2.10. The highest BCUT2D eigenvalue weighted by Gasteiger charge is 2.23. The molecule has 2 N–H and O–H groups in total. The van der Waals surface area contributed by atoms with Gasteiger partial charge in [0.05, 0.1) is 6.26 Å². The van der Waals surface area contributed by atoms with E-state index in [-0.39, 0.29) is 11.8 Å². The van der Waals surface area contributed by atoms with E-state index in [4.69, 9.17) is 4.42 Å². The van der Waals surface area contributed by atoms with Crippen molar-refractivity contribution in [2.75, 3.05) is 18.4 Å². The fourth-order valence-electron chi connectivity index (χ4n) is 2.62. The van der Waals surface area contributed by atoms with Gasteiger partial charge in [-0.3, -0.25) is 4.79 Å². The molecule has 4 nitrogen and oxygen atoms in total. The topological polar surface area (TPSA) is 54.3 Å². The summed E-state index contributed by atoms with van der Waals surface area (Å²) < 4.78 is 5.23. The SMILES string of the molecule is O=C(CC1CNc2ccccc21)NCCc1ccco1. The molecule has 104 valence electrons. The number of nitrogens with one attached hydrogen (secondary N) is 2. The summed E-state index contributed by atoms with van der Waals surface area (Å²) in [6.45, 7) is 1.46. The van der Waals surface area contributed by atoms with Crippen molar-refractivity contribution in [3.8, 4) is 0 Å². The number of para-hydroxylation sites is 1. The third kappa shape index (κ3) is 2.85. The number of carbonyl (C=O) groups excluding carboxylic acids is 1. The standard InChI is InChI=1S/C16H18N2O2/c19-16(17-8-7-13-4-3-9-20-13)10-12-11-18-15-6-2-1-5-14(12)15/h1-6,9,12,18H,7-8,10-11H2,(H,17,19). The molecule has 1 aliphatic heterocycles. The van der Waals surface area contributed by atoms with Crippen LogP contribution in [0, 0.1) is 0 Å². The van der Waals surface area contributed by atoms with Crippen LogP contribution in [0.1, 0.15) is 23.7 Å². The van der Waals surface area contributed by atoms with Gasteiger partial charge in [-0.2, -0.15) is 0 Å². The van der Waals surface area contributed by atoms with Crippen molar-refractivity contribution in [3.63, 3.8) is 0 Å². The molecule has 0 saturated heterocycles. The number of carbonyl (C=O) groups is 1. The van der Waals surface area contributed by atoms with Gasteiger partial charge in [0.2, 0.25) is 5.91 Å². The van der Waals surface area contributed by atoms with Crippen molar-refractivity contribution in [2.24, 2.45) is 0 Å². The van der Waals surface area contributed by atoms with Crippen LogP contribution in [0.2, 0.25) is 0 Å². The van der Waals surface area contributed by atoms with E-state index in [1.807, 2.05) is 24.3 Å². The van der Waals surface area contributed by atoms with Crippen molar-refractivity contribution in [3.05, 3.63) is 54.0 Å². The largest absolute Gasteiger partial charge is 0.469 e. The number of benzene rings is 1. The maximum absolute atomic E-state index is 12.0. The summed E-state index contributed by atoms with van der Waals surface area (Å²) in [6, 6.07) is 12.0. The van der Waals surface area contributed by atoms with E-state index in [1.165, 1.54) is 5.56 Å². The van der Waals surface area contributed by atoms with Crippen LogP contribution in [0.15, 0.2) is 47.1 Å². The number of hydrogen-bond donors (Lipinski definition) is 2. The van der Waals surface area contributed by atoms with E-state index in [2.05, 4.69) is 22.8 Å². The minimum absolute atomic E-state index is 0.0973. The number of amides is 1. The molecule has 0 radical (unpaired) electrons.